The van der Waals surface area contributed by atoms with Crippen molar-refractivity contribution in [3.63, 3.8) is 0 Å². The summed E-state index contributed by atoms with van der Waals surface area (Å²) in [5, 5.41) is 3.18. The standard InChI is InChI=1S/C32H37FN8O/c1-19(2)40-18-36-26-15-25(38-30(28(26)40)37-24-8-9-34-17-23(24)33)20-12-27-29(35-16-20)32(3,4)31(42)41(27)22-13-21(14-22)39-10-6-5-7-11-39/h8-9,12,15-19,21-22H,5-7,10-11,13-14H2,1-4H3,(H,34,37,38). The minimum atomic E-state index is -0.691. The normalized spacial score (nSPS) is 22.0. The van der Waals surface area contributed by atoms with Gasteiger partial charge in [-0.2, -0.15) is 0 Å². The topological polar surface area (TPSA) is 92.1 Å². The molecule has 2 aliphatic heterocycles. The maximum absolute atomic E-state index is 14.6. The Morgan fingerprint density at radius 3 is 2.57 bits per heavy atom. The van der Waals surface area contributed by atoms with Gasteiger partial charge in [0.25, 0.3) is 0 Å². The number of hydrogen-bond acceptors (Lipinski definition) is 7. The highest BCUT2D eigenvalue weighted by atomic mass is 19.1. The van der Waals surface area contributed by atoms with Crippen molar-refractivity contribution in [3.05, 3.63) is 54.6 Å². The number of nitrogens with one attached hydrogen (secondary N) is 1. The number of carbonyl (C=O) groups is 1. The summed E-state index contributed by atoms with van der Waals surface area (Å²) in [6, 6.07) is 6.43. The number of amides is 1. The van der Waals surface area contributed by atoms with E-state index >= 15 is 0 Å². The van der Waals surface area contributed by atoms with E-state index in [2.05, 4.69) is 34.0 Å². The van der Waals surface area contributed by atoms with Crippen LogP contribution in [-0.2, 0) is 10.2 Å². The number of carbonyl (C=O) groups excluding carboxylic acids is 1. The lowest BCUT2D eigenvalue weighted by Gasteiger charge is -2.47. The molecule has 9 nitrogen and oxygen atoms in total. The maximum Gasteiger partial charge on any atom is 0.239 e. The molecule has 4 aromatic rings. The van der Waals surface area contributed by atoms with E-state index in [1.165, 1.54) is 38.5 Å². The summed E-state index contributed by atoms with van der Waals surface area (Å²) in [5.41, 5.74) is 4.23. The Balaban J connectivity index is 1.27. The lowest BCUT2D eigenvalue weighted by Crippen LogP contribution is -2.57. The summed E-state index contributed by atoms with van der Waals surface area (Å²) >= 11 is 0. The number of halogens is 1. The minimum absolute atomic E-state index is 0.110. The van der Waals surface area contributed by atoms with Crippen LogP contribution in [0.1, 0.15) is 71.5 Å². The van der Waals surface area contributed by atoms with Gasteiger partial charge in [0.2, 0.25) is 5.91 Å². The summed E-state index contributed by atoms with van der Waals surface area (Å²) in [6.07, 6.45) is 12.1. The van der Waals surface area contributed by atoms with Gasteiger partial charge in [0, 0.05) is 36.1 Å². The van der Waals surface area contributed by atoms with Gasteiger partial charge in [0.15, 0.2) is 11.6 Å². The smallest absolute Gasteiger partial charge is 0.239 e. The summed E-state index contributed by atoms with van der Waals surface area (Å²) in [4.78, 5) is 36.7. The van der Waals surface area contributed by atoms with Crippen LogP contribution in [0.4, 0.5) is 21.6 Å². The molecule has 2 fully saturated rings. The molecule has 1 aliphatic carbocycles. The monoisotopic (exact) mass is 568 g/mol. The molecule has 0 unspecified atom stereocenters. The third-order valence-corrected chi connectivity index (χ3v) is 9.26. The van der Waals surface area contributed by atoms with Crippen molar-refractivity contribution in [2.75, 3.05) is 23.3 Å². The average Bonchev–Trinajstić information content (AvgIpc) is 3.47. The Bertz CT molecular complexity index is 1670. The van der Waals surface area contributed by atoms with Crippen molar-refractivity contribution in [3.8, 4) is 11.3 Å². The second-order valence-electron chi connectivity index (χ2n) is 12.7. The first-order valence-electron chi connectivity index (χ1n) is 15.0. The van der Waals surface area contributed by atoms with E-state index < -0.39 is 11.2 Å². The van der Waals surface area contributed by atoms with E-state index in [0.717, 1.165) is 40.8 Å². The first-order chi connectivity index (χ1) is 20.2. The first-order valence-corrected chi connectivity index (χ1v) is 15.0. The van der Waals surface area contributed by atoms with Crippen molar-refractivity contribution in [2.45, 2.75) is 83.3 Å². The quantitative estimate of drug-likeness (QED) is 0.305. The number of anilines is 3. The predicted octanol–water partition coefficient (Wildman–Crippen LogP) is 5.99. The van der Waals surface area contributed by atoms with Crippen LogP contribution in [0.2, 0.25) is 0 Å². The van der Waals surface area contributed by atoms with E-state index in [0.29, 0.717) is 17.6 Å². The predicted molar refractivity (Wildman–Crippen MR) is 161 cm³/mol. The lowest BCUT2D eigenvalue weighted by molar-refractivity contribution is -0.123. The Kier molecular flexibility index (Phi) is 6.49. The zero-order valence-corrected chi connectivity index (χ0v) is 24.6. The van der Waals surface area contributed by atoms with Gasteiger partial charge in [0.1, 0.15) is 5.52 Å². The number of nitrogens with zero attached hydrogens (tertiary/aromatic N) is 7. The van der Waals surface area contributed by atoms with Gasteiger partial charge in [-0.25, -0.2) is 14.4 Å². The van der Waals surface area contributed by atoms with E-state index in [1.807, 2.05) is 35.4 Å². The van der Waals surface area contributed by atoms with Crippen LogP contribution < -0.4 is 10.2 Å². The molecule has 1 saturated heterocycles. The highest BCUT2D eigenvalue weighted by Crippen LogP contribution is 2.47. The fraction of sp³-hybridized carbons (Fsp3) is 0.469. The number of fused-ring (bicyclic) bond motifs is 2. The molecule has 0 spiro atoms. The molecule has 7 rings (SSSR count). The molecule has 1 N–H and O–H groups in total. The van der Waals surface area contributed by atoms with Gasteiger partial charge in [-0.15, -0.1) is 0 Å². The molecule has 1 saturated carbocycles. The molecule has 3 aliphatic rings. The molecule has 1 amide bonds. The molecule has 0 bridgehead atoms. The van der Waals surface area contributed by atoms with Crippen LogP contribution in [-0.4, -0.2) is 60.5 Å². The Morgan fingerprint density at radius 2 is 1.83 bits per heavy atom. The van der Waals surface area contributed by atoms with Crippen LogP contribution in [0.5, 0.6) is 0 Å². The average molecular weight is 569 g/mol. The molecule has 218 valence electrons. The highest BCUT2D eigenvalue weighted by molar-refractivity contribution is 6.08. The maximum atomic E-state index is 14.6. The van der Waals surface area contributed by atoms with Gasteiger partial charge in [-0.3, -0.25) is 14.8 Å². The van der Waals surface area contributed by atoms with Crippen LogP contribution in [0.15, 0.2) is 43.1 Å². The number of pyridine rings is 3. The highest BCUT2D eigenvalue weighted by Gasteiger charge is 2.51. The zero-order valence-electron chi connectivity index (χ0n) is 24.6. The fourth-order valence-corrected chi connectivity index (χ4v) is 6.77. The van der Waals surface area contributed by atoms with Gasteiger partial charge < -0.3 is 19.7 Å². The molecule has 0 aromatic carbocycles. The van der Waals surface area contributed by atoms with Gasteiger partial charge in [0.05, 0.1) is 46.2 Å². The van der Waals surface area contributed by atoms with Crippen LogP contribution >= 0.6 is 0 Å². The first kappa shape index (κ1) is 26.9. The van der Waals surface area contributed by atoms with Crippen molar-refractivity contribution < 1.29 is 9.18 Å². The molecule has 0 radical (unpaired) electrons. The van der Waals surface area contributed by atoms with Gasteiger partial charge >= 0.3 is 0 Å². The molecule has 6 heterocycles. The Labute approximate surface area is 245 Å². The summed E-state index contributed by atoms with van der Waals surface area (Å²) in [5.74, 6) is 0.141. The second-order valence-corrected chi connectivity index (χ2v) is 12.7. The number of piperidine rings is 1. The van der Waals surface area contributed by atoms with Gasteiger partial charge in [-0.05, 0) is 84.7 Å². The molecule has 42 heavy (non-hydrogen) atoms. The summed E-state index contributed by atoms with van der Waals surface area (Å²) in [6.45, 7) is 10.4. The van der Waals surface area contributed by atoms with E-state index in [-0.39, 0.29) is 23.7 Å². The third kappa shape index (κ3) is 4.35. The number of hydrogen-bond donors (Lipinski definition) is 1. The summed E-state index contributed by atoms with van der Waals surface area (Å²) < 4.78 is 16.6. The van der Waals surface area contributed by atoms with E-state index in [1.54, 1.807) is 24.8 Å². The number of likely N-dealkylation sites (tertiary alicyclic amines) is 1. The summed E-state index contributed by atoms with van der Waals surface area (Å²) in [7, 11) is 0. The molecular weight excluding hydrogens is 531 g/mol. The third-order valence-electron chi connectivity index (χ3n) is 9.26. The zero-order chi connectivity index (χ0) is 29.2. The molecule has 10 heteroatoms. The number of aromatic nitrogens is 5. The van der Waals surface area contributed by atoms with Crippen molar-refractivity contribution in [1.29, 1.82) is 0 Å². The van der Waals surface area contributed by atoms with E-state index in [9.17, 15) is 9.18 Å². The van der Waals surface area contributed by atoms with Crippen molar-refractivity contribution in [1.82, 2.24) is 29.4 Å². The minimum Gasteiger partial charge on any atom is -0.336 e. The Hall–Kier alpha value is -3.92. The lowest BCUT2D eigenvalue weighted by atomic mass is 9.83. The molecule has 4 aromatic heterocycles. The Morgan fingerprint density at radius 1 is 1.05 bits per heavy atom. The number of rotatable bonds is 6. The molecule has 0 atom stereocenters. The SMILES string of the molecule is CC(C)n1cnc2cc(-c3cnc4c(c3)N(C3CC(N5CCCCC5)C3)C(=O)C4(C)C)nc(Nc3ccncc3F)c21. The molecular formula is C32H37FN8O. The van der Waals surface area contributed by atoms with Crippen LogP contribution in [0, 0.1) is 5.82 Å². The second kappa shape index (κ2) is 10.1. The van der Waals surface area contributed by atoms with E-state index in [4.69, 9.17) is 9.97 Å². The number of imidazole rings is 1. The van der Waals surface area contributed by atoms with Gasteiger partial charge in [-0.1, -0.05) is 6.42 Å². The van der Waals surface area contributed by atoms with Crippen molar-refractivity contribution >= 4 is 34.1 Å². The van der Waals surface area contributed by atoms with Crippen LogP contribution in [0.25, 0.3) is 22.3 Å². The van der Waals surface area contributed by atoms with Crippen molar-refractivity contribution in [2.24, 2.45) is 0 Å². The fourth-order valence-electron chi connectivity index (χ4n) is 6.77. The largest absolute Gasteiger partial charge is 0.336 e. The van der Waals surface area contributed by atoms with Crippen LogP contribution in [0.3, 0.4) is 0 Å².